The van der Waals surface area contributed by atoms with Crippen molar-refractivity contribution in [1.82, 2.24) is 14.8 Å². The summed E-state index contributed by atoms with van der Waals surface area (Å²) in [5, 5.41) is 0.933. The van der Waals surface area contributed by atoms with Crippen LogP contribution in [-0.4, -0.2) is 46.2 Å². The van der Waals surface area contributed by atoms with Gasteiger partial charge in [0.05, 0.1) is 11.6 Å². The van der Waals surface area contributed by atoms with E-state index in [-0.39, 0.29) is 35.5 Å². The molecular formula is C24H22FN3O2. The number of pyridine rings is 1. The van der Waals surface area contributed by atoms with Gasteiger partial charge in [-0.25, -0.2) is 4.39 Å². The first-order valence-corrected chi connectivity index (χ1v) is 10.2. The molecule has 3 heterocycles. The van der Waals surface area contributed by atoms with Crippen molar-refractivity contribution in [3.63, 3.8) is 0 Å². The Kier molecular flexibility index (Phi) is 4.50. The number of aromatic nitrogens is 1. The van der Waals surface area contributed by atoms with Crippen LogP contribution in [0.1, 0.15) is 28.9 Å². The predicted octanol–water partition coefficient (Wildman–Crippen LogP) is 3.67. The zero-order valence-corrected chi connectivity index (χ0v) is 16.7. The fourth-order valence-corrected chi connectivity index (χ4v) is 5.04. The van der Waals surface area contributed by atoms with Crippen LogP contribution in [0, 0.1) is 17.7 Å². The quantitative estimate of drug-likeness (QED) is 0.656. The van der Waals surface area contributed by atoms with Crippen LogP contribution in [0.4, 0.5) is 4.39 Å². The topological polar surface area (TPSA) is 53.5 Å². The van der Waals surface area contributed by atoms with Crippen LogP contribution < -0.4 is 0 Å². The summed E-state index contributed by atoms with van der Waals surface area (Å²) in [5.74, 6) is -0.0498. The van der Waals surface area contributed by atoms with Crippen LogP contribution in [0.25, 0.3) is 10.9 Å². The van der Waals surface area contributed by atoms with Gasteiger partial charge in [-0.2, -0.15) is 0 Å². The standard InChI is InChI=1S/C24H22FN3O2/c1-15(29)28-13-19-12-27(14-21(19)23(28)17-4-2-6-20(25)11-17)24(30)18-7-8-22-16(10-18)5-3-9-26-22/h2-11,19,21,23H,12-14H2,1H3/t19-,21-,23+/m1/s1. The molecule has 152 valence electrons. The van der Waals surface area contributed by atoms with Gasteiger partial charge >= 0.3 is 0 Å². The molecular weight excluding hydrogens is 381 g/mol. The molecule has 3 atom stereocenters. The van der Waals surface area contributed by atoms with E-state index < -0.39 is 0 Å². The van der Waals surface area contributed by atoms with Crippen molar-refractivity contribution in [2.75, 3.05) is 19.6 Å². The lowest BCUT2D eigenvalue weighted by Gasteiger charge is -2.29. The second-order valence-electron chi connectivity index (χ2n) is 8.22. The zero-order chi connectivity index (χ0) is 20.8. The summed E-state index contributed by atoms with van der Waals surface area (Å²) >= 11 is 0. The van der Waals surface area contributed by atoms with Crippen molar-refractivity contribution < 1.29 is 14.0 Å². The van der Waals surface area contributed by atoms with Gasteiger partial charge in [-0.05, 0) is 42.0 Å². The molecule has 0 radical (unpaired) electrons. The smallest absolute Gasteiger partial charge is 0.253 e. The van der Waals surface area contributed by atoms with Crippen molar-refractivity contribution in [2.24, 2.45) is 11.8 Å². The predicted molar refractivity (Wildman–Crippen MR) is 111 cm³/mol. The Morgan fingerprint density at radius 1 is 1.03 bits per heavy atom. The molecule has 0 aliphatic carbocycles. The highest BCUT2D eigenvalue weighted by Gasteiger charge is 2.49. The molecule has 2 aliphatic rings. The third-order valence-corrected chi connectivity index (χ3v) is 6.40. The van der Waals surface area contributed by atoms with Gasteiger partial charge in [0, 0.05) is 55.5 Å². The second kappa shape index (κ2) is 7.20. The number of benzene rings is 2. The van der Waals surface area contributed by atoms with Crippen LogP contribution in [0.5, 0.6) is 0 Å². The highest BCUT2D eigenvalue weighted by Crippen LogP contribution is 2.45. The monoisotopic (exact) mass is 403 g/mol. The molecule has 5 rings (SSSR count). The van der Waals surface area contributed by atoms with Crippen LogP contribution in [0.3, 0.4) is 0 Å². The molecule has 0 unspecified atom stereocenters. The van der Waals surface area contributed by atoms with E-state index in [1.807, 2.05) is 46.2 Å². The van der Waals surface area contributed by atoms with Crippen molar-refractivity contribution in [1.29, 1.82) is 0 Å². The number of carbonyl (C=O) groups is 2. The van der Waals surface area contributed by atoms with Crippen LogP contribution in [0.15, 0.2) is 60.8 Å². The fourth-order valence-electron chi connectivity index (χ4n) is 5.04. The third kappa shape index (κ3) is 3.12. The molecule has 0 spiro atoms. The maximum Gasteiger partial charge on any atom is 0.253 e. The summed E-state index contributed by atoms with van der Waals surface area (Å²) in [7, 11) is 0. The molecule has 0 bridgehead atoms. The van der Waals surface area contributed by atoms with Gasteiger partial charge in [0.25, 0.3) is 5.91 Å². The van der Waals surface area contributed by atoms with Gasteiger partial charge in [0.15, 0.2) is 0 Å². The molecule has 2 aromatic carbocycles. The average molecular weight is 403 g/mol. The Morgan fingerprint density at radius 3 is 2.70 bits per heavy atom. The van der Waals surface area contributed by atoms with Gasteiger partial charge in [0.1, 0.15) is 5.82 Å². The molecule has 5 nitrogen and oxygen atoms in total. The fraction of sp³-hybridized carbons (Fsp3) is 0.292. The van der Waals surface area contributed by atoms with Crippen LogP contribution in [0.2, 0.25) is 0 Å². The average Bonchev–Trinajstić information content (AvgIpc) is 3.31. The van der Waals surface area contributed by atoms with E-state index in [0.29, 0.717) is 25.2 Å². The molecule has 1 aromatic heterocycles. The molecule has 3 aromatic rings. The van der Waals surface area contributed by atoms with Crippen molar-refractivity contribution in [3.05, 3.63) is 77.7 Å². The van der Waals surface area contributed by atoms with Gasteiger partial charge in [-0.1, -0.05) is 18.2 Å². The Morgan fingerprint density at radius 2 is 1.90 bits per heavy atom. The Bertz CT molecular complexity index is 1150. The van der Waals surface area contributed by atoms with Crippen molar-refractivity contribution in [3.8, 4) is 0 Å². The summed E-state index contributed by atoms with van der Waals surface area (Å²) < 4.78 is 13.9. The molecule has 2 saturated heterocycles. The lowest BCUT2D eigenvalue weighted by atomic mass is 9.89. The van der Waals surface area contributed by atoms with Gasteiger partial charge in [-0.3, -0.25) is 14.6 Å². The number of hydrogen-bond donors (Lipinski definition) is 0. The normalized spacial score (nSPS) is 23.1. The van der Waals surface area contributed by atoms with Crippen molar-refractivity contribution >= 4 is 22.7 Å². The number of likely N-dealkylation sites (tertiary alicyclic amines) is 2. The molecule has 2 aliphatic heterocycles. The van der Waals surface area contributed by atoms with Crippen molar-refractivity contribution in [2.45, 2.75) is 13.0 Å². The van der Waals surface area contributed by atoms with Gasteiger partial charge < -0.3 is 9.80 Å². The number of fused-ring (bicyclic) bond motifs is 2. The Labute approximate surface area is 174 Å². The number of halogens is 1. The Hall–Kier alpha value is -3.28. The number of carbonyl (C=O) groups excluding carboxylic acids is 2. The summed E-state index contributed by atoms with van der Waals surface area (Å²) in [6, 6.07) is 15.6. The summed E-state index contributed by atoms with van der Waals surface area (Å²) in [6.45, 7) is 3.30. The van der Waals surface area contributed by atoms with E-state index in [0.717, 1.165) is 16.5 Å². The maximum absolute atomic E-state index is 13.9. The highest BCUT2D eigenvalue weighted by atomic mass is 19.1. The SMILES string of the molecule is CC(=O)N1C[C@H]2CN(C(=O)c3ccc4ncccc4c3)C[C@H]2[C@@H]1c1cccc(F)c1. The number of nitrogens with zero attached hydrogens (tertiary/aromatic N) is 3. The minimum Gasteiger partial charge on any atom is -0.338 e. The molecule has 2 amide bonds. The first-order chi connectivity index (χ1) is 14.5. The molecule has 0 saturated carbocycles. The van der Waals surface area contributed by atoms with Gasteiger partial charge in [-0.15, -0.1) is 0 Å². The third-order valence-electron chi connectivity index (χ3n) is 6.40. The minimum atomic E-state index is -0.310. The number of rotatable bonds is 2. The lowest BCUT2D eigenvalue weighted by molar-refractivity contribution is -0.130. The van der Waals surface area contributed by atoms with E-state index in [1.54, 1.807) is 19.2 Å². The molecule has 30 heavy (non-hydrogen) atoms. The van der Waals surface area contributed by atoms with E-state index in [1.165, 1.54) is 12.1 Å². The second-order valence-corrected chi connectivity index (χ2v) is 8.22. The largest absolute Gasteiger partial charge is 0.338 e. The summed E-state index contributed by atoms with van der Waals surface area (Å²) in [5.41, 5.74) is 2.29. The summed E-state index contributed by atoms with van der Waals surface area (Å²) in [4.78, 5) is 33.5. The number of hydrogen-bond acceptors (Lipinski definition) is 3. The molecule has 0 N–H and O–H groups in total. The summed E-state index contributed by atoms with van der Waals surface area (Å²) in [6.07, 6.45) is 1.73. The van der Waals surface area contributed by atoms with E-state index in [9.17, 15) is 14.0 Å². The maximum atomic E-state index is 13.9. The van der Waals surface area contributed by atoms with E-state index in [4.69, 9.17) is 0 Å². The van der Waals surface area contributed by atoms with Crippen LogP contribution in [-0.2, 0) is 4.79 Å². The van der Waals surface area contributed by atoms with Crippen LogP contribution >= 0.6 is 0 Å². The first kappa shape index (κ1) is 18.7. The highest BCUT2D eigenvalue weighted by molar-refractivity contribution is 5.98. The van der Waals surface area contributed by atoms with Gasteiger partial charge in [0.2, 0.25) is 5.91 Å². The molecule has 2 fully saturated rings. The minimum absolute atomic E-state index is 0.0116. The van der Waals surface area contributed by atoms with E-state index in [2.05, 4.69) is 4.98 Å². The zero-order valence-electron chi connectivity index (χ0n) is 16.7. The first-order valence-electron chi connectivity index (χ1n) is 10.2. The number of amides is 2. The lowest BCUT2D eigenvalue weighted by Crippen LogP contribution is -2.36. The molecule has 6 heteroatoms. The Balaban J connectivity index is 1.42. The van der Waals surface area contributed by atoms with E-state index >= 15 is 0 Å².